The van der Waals surface area contributed by atoms with E-state index in [1.165, 1.54) is 6.26 Å². The Hall–Kier alpha value is -3.18. The highest BCUT2D eigenvalue weighted by Crippen LogP contribution is 2.30. The van der Waals surface area contributed by atoms with E-state index >= 15 is 0 Å². The molecule has 0 bridgehead atoms. The van der Waals surface area contributed by atoms with Gasteiger partial charge in [-0.05, 0) is 48.2 Å². The van der Waals surface area contributed by atoms with Crippen LogP contribution in [0.4, 0.5) is 0 Å². The van der Waals surface area contributed by atoms with E-state index in [2.05, 4.69) is 14.9 Å². The standard InChI is InChI=1S/C28H30N4O4S2/c1-37(33,34)26-11-3-2-8-24(26)21-31-17-13-25(14-18-31)32(20-22-7-5-15-29-19-22)38(35,36)27-12-4-9-23-10-6-16-30-28(23)27/h2-12,15-16,19,25H,13-14,17-18,20-21H2,1H3. The summed E-state index contributed by atoms with van der Waals surface area (Å²) in [6, 6.07) is 19.4. The third-order valence-electron chi connectivity index (χ3n) is 6.97. The monoisotopic (exact) mass is 550 g/mol. The van der Waals surface area contributed by atoms with Crippen molar-refractivity contribution in [3.05, 3.63) is 96.4 Å². The SMILES string of the molecule is CS(=O)(=O)c1ccccc1CN1CCC(N(Cc2cccnc2)S(=O)(=O)c2cccc3cccnc23)CC1. The van der Waals surface area contributed by atoms with E-state index in [1.54, 1.807) is 59.3 Å². The molecule has 1 saturated heterocycles. The maximum Gasteiger partial charge on any atom is 0.245 e. The van der Waals surface area contributed by atoms with Crippen LogP contribution in [-0.2, 0) is 33.0 Å². The van der Waals surface area contributed by atoms with Crippen LogP contribution in [0.15, 0.2) is 95.1 Å². The minimum Gasteiger partial charge on any atom is -0.299 e. The average molecular weight is 551 g/mol. The molecule has 5 rings (SSSR count). The number of likely N-dealkylation sites (tertiary alicyclic amines) is 1. The molecule has 0 saturated carbocycles. The molecule has 3 heterocycles. The average Bonchev–Trinajstić information content (AvgIpc) is 2.92. The highest BCUT2D eigenvalue weighted by molar-refractivity contribution is 7.90. The molecule has 0 spiro atoms. The number of hydrogen-bond acceptors (Lipinski definition) is 7. The molecule has 38 heavy (non-hydrogen) atoms. The first-order valence-corrected chi connectivity index (χ1v) is 15.8. The van der Waals surface area contributed by atoms with Gasteiger partial charge in [-0.2, -0.15) is 4.31 Å². The predicted molar refractivity (Wildman–Crippen MR) is 147 cm³/mol. The van der Waals surface area contributed by atoms with Gasteiger partial charge in [-0.25, -0.2) is 16.8 Å². The van der Waals surface area contributed by atoms with Gasteiger partial charge in [0.1, 0.15) is 4.90 Å². The number of pyridine rings is 2. The normalized spacial score (nSPS) is 15.7. The summed E-state index contributed by atoms with van der Waals surface area (Å²) in [5.41, 5.74) is 2.03. The third-order valence-corrected chi connectivity index (χ3v) is 10.1. The summed E-state index contributed by atoms with van der Waals surface area (Å²) >= 11 is 0. The molecule has 1 aliphatic rings. The Bertz CT molecular complexity index is 1630. The summed E-state index contributed by atoms with van der Waals surface area (Å²) in [5, 5.41) is 0.772. The molecule has 4 aromatic rings. The fraction of sp³-hybridized carbons (Fsp3) is 0.286. The van der Waals surface area contributed by atoms with Crippen LogP contribution in [0.25, 0.3) is 10.9 Å². The topological polar surface area (TPSA) is 101 Å². The minimum atomic E-state index is -3.88. The largest absolute Gasteiger partial charge is 0.299 e. The van der Waals surface area contributed by atoms with Crippen LogP contribution in [0, 0.1) is 0 Å². The summed E-state index contributed by atoms with van der Waals surface area (Å²) < 4.78 is 54.4. The molecule has 0 N–H and O–H groups in total. The number of nitrogens with zero attached hydrogens (tertiary/aromatic N) is 4. The summed E-state index contributed by atoms with van der Waals surface area (Å²) in [7, 11) is -7.22. The minimum absolute atomic E-state index is 0.198. The van der Waals surface area contributed by atoms with Gasteiger partial charge in [0, 0.05) is 62.5 Å². The van der Waals surface area contributed by atoms with Gasteiger partial charge in [-0.15, -0.1) is 0 Å². The molecule has 8 nitrogen and oxygen atoms in total. The van der Waals surface area contributed by atoms with Crippen molar-refractivity contribution in [1.29, 1.82) is 0 Å². The molecule has 1 aliphatic heterocycles. The van der Waals surface area contributed by atoms with Crippen molar-refractivity contribution >= 4 is 30.8 Å². The lowest BCUT2D eigenvalue weighted by Crippen LogP contribution is -2.46. The number of hydrogen-bond donors (Lipinski definition) is 0. The maximum absolute atomic E-state index is 14.2. The lowest BCUT2D eigenvalue weighted by atomic mass is 10.0. The lowest BCUT2D eigenvalue weighted by molar-refractivity contribution is 0.150. The zero-order valence-corrected chi connectivity index (χ0v) is 22.8. The van der Waals surface area contributed by atoms with E-state index in [9.17, 15) is 16.8 Å². The van der Waals surface area contributed by atoms with Crippen molar-refractivity contribution in [2.75, 3.05) is 19.3 Å². The van der Waals surface area contributed by atoms with Crippen molar-refractivity contribution < 1.29 is 16.8 Å². The van der Waals surface area contributed by atoms with Crippen LogP contribution in [0.5, 0.6) is 0 Å². The number of benzene rings is 2. The zero-order chi connectivity index (χ0) is 26.8. The number of sulfone groups is 1. The van der Waals surface area contributed by atoms with E-state index in [-0.39, 0.29) is 17.5 Å². The maximum atomic E-state index is 14.2. The van der Waals surface area contributed by atoms with E-state index in [4.69, 9.17) is 0 Å². The van der Waals surface area contributed by atoms with Crippen LogP contribution in [0.1, 0.15) is 24.0 Å². The van der Waals surface area contributed by atoms with Gasteiger partial charge < -0.3 is 0 Å². The smallest absolute Gasteiger partial charge is 0.245 e. The number of rotatable bonds is 8. The Labute approximate surface area is 223 Å². The highest BCUT2D eigenvalue weighted by Gasteiger charge is 2.35. The molecule has 1 fully saturated rings. The van der Waals surface area contributed by atoms with Gasteiger partial charge >= 0.3 is 0 Å². The Balaban J connectivity index is 1.42. The molecule has 2 aromatic heterocycles. The lowest BCUT2D eigenvalue weighted by Gasteiger charge is -2.38. The number of sulfonamides is 1. The molecule has 198 valence electrons. The van der Waals surface area contributed by atoms with E-state index in [1.807, 2.05) is 30.3 Å². The second kappa shape index (κ2) is 10.9. The molecule has 0 radical (unpaired) electrons. The van der Waals surface area contributed by atoms with Gasteiger partial charge in [0.05, 0.1) is 10.4 Å². The first-order valence-electron chi connectivity index (χ1n) is 12.5. The number of aromatic nitrogens is 2. The Morgan fingerprint density at radius 1 is 0.868 bits per heavy atom. The first-order chi connectivity index (χ1) is 18.2. The molecule has 0 aliphatic carbocycles. The molecular weight excluding hydrogens is 520 g/mol. The first kappa shape index (κ1) is 26.4. The summed E-state index contributed by atoms with van der Waals surface area (Å²) in [6.45, 7) is 2.00. The second-order valence-corrected chi connectivity index (χ2v) is 13.5. The van der Waals surface area contributed by atoms with E-state index < -0.39 is 19.9 Å². The van der Waals surface area contributed by atoms with Gasteiger partial charge in [0.2, 0.25) is 10.0 Å². The molecule has 0 unspecified atom stereocenters. The predicted octanol–water partition coefficient (Wildman–Crippen LogP) is 3.89. The fourth-order valence-electron chi connectivity index (χ4n) is 5.10. The summed E-state index contributed by atoms with van der Waals surface area (Å²) in [4.78, 5) is 11.3. The molecule has 0 atom stereocenters. The summed E-state index contributed by atoms with van der Waals surface area (Å²) in [5.74, 6) is 0. The number of piperidine rings is 1. The molecule has 10 heteroatoms. The number of fused-ring (bicyclic) bond motifs is 1. The zero-order valence-electron chi connectivity index (χ0n) is 21.1. The molecular formula is C28H30N4O4S2. The summed E-state index contributed by atoms with van der Waals surface area (Å²) in [6.07, 6.45) is 7.45. The van der Waals surface area contributed by atoms with E-state index in [0.29, 0.717) is 42.9 Å². The number of para-hydroxylation sites is 1. The Kier molecular flexibility index (Phi) is 7.58. The Morgan fingerprint density at radius 3 is 2.32 bits per heavy atom. The van der Waals surface area contributed by atoms with Gasteiger partial charge in [0.15, 0.2) is 9.84 Å². The molecule has 2 aromatic carbocycles. The van der Waals surface area contributed by atoms with Crippen LogP contribution >= 0.6 is 0 Å². The van der Waals surface area contributed by atoms with Crippen LogP contribution in [0.3, 0.4) is 0 Å². The van der Waals surface area contributed by atoms with Crippen molar-refractivity contribution in [3.63, 3.8) is 0 Å². The van der Waals surface area contributed by atoms with Crippen LogP contribution in [0.2, 0.25) is 0 Å². The third kappa shape index (κ3) is 5.63. The van der Waals surface area contributed by atoms with Gasteiger partial charge in [-0.3, -0.25) is 14.9 Å². The molecule has 0 amide bonds. The van der Waals surface area contributed by atoms with Crippen LogP contribution in [-0.4, -0.2) is 61.4 Å². The van der Waals surface area contributed by atoms with Crippen molar-refractivity contribution in [2.24, 2.45) is 0 Å². The Morgan fingerprint density at radius 2 is 1.58 bits per heavy atom. The van der Waals surface area contributed by atoms with Crippen LogP contribution < -0.4 is 0 Å². The second-order valence-electron chi connectivity index (χ2n) is 9.63. The van der Waals surface area contributed by atoms with Crippen molar-refractivity contribution in [2.45, 2.75) is 41.8 Å². The van der Waals surface area contributed by atoms with Gasteiger partial charge in [0.25, 0.3) is 0 Å². The quantitative estimate of drug-likeness (QED) is 0.328. The fourth-order valence-corrected chi connectivity index (χ4v) is 7.87. The van der Waals surface area contributed by atoms with Crippen molar-refractivity contribution in [1.82, 2.24) is 19.2 Å². The van der Waals surface area contributed by atoms with Gasteiger partial charge in [-0.1, -0.05) is 42.5 Å². The van der Waals surface area contributed by atoms with E-state index in [0.717, 1.165) is 16.5 Å². The van der Waals surface area contributed by atoms with Crippen molar-refractivity contribution in [3.8, 4) is 0 Å². The highest BCUT2D eigenvalue weighted by atomic mass is 32.2.